The summed E-state index contributed by atoms with van der Waals surface area (Å²) in [5.41, 5.74) is -0.368. The number of hydrogen-bond acceptors (Lipinski definition) is 3. The standard InChI is InChI=1S/C15H21ClN2O3/c1-3-8-15(2,14(20)21)17-9-7-13(19)18-12-6-4-5-11(16)10-12/h4-6,10,17H,3,7-9H2,1-2H3,(H,18,19)(H,20,21). The van der Waals surface area contributed by atoms with Crippen molar-refractivity contribution >= 4 is 29.2 Å². The molecule has 0 saturated heterocycles. The molecule has 1 unspecified atom stereocenters. The molecule has 0 spiro atoms. The number of carbonyl (C=O) groups excluding carboxylic acids is 1. The number of anilines is 1. The molecule has 0 aliphatic carbocycles. The maximum absolute atomic E-state index is 11.8. The third-order valence-electron chi connectivity index (χ3n) is 3.20. The largest absolute Gasteiger partial charge is 0.480 e. The summed E-state index contributed by atoms with van der Waals surface area (Å²) in [6.45, 7) is 3.86. The van der Waals surface area contributed by atoms with E-state index >= 15 is 0 Å². The zero-order valence-corrected chi connectivity index (χ0v) is 13.0. The second kappa shape index (κ2) is 8.00. The summed E-state index contributed by atoms with van der Waals surface area (Å²) in [7, 11) is 0. The second-order valence-corrected chi connectivity index (χ2v) is 5.56. The fourth-order valence-electron chi connectivity index (χ4n) is 2.01. The van der Waals surface area contributed by atoms with Crippen molar-refractivity contribution in [3.05, 3.63) is 29.3 Å². The maximum atomic E-state index is 11.8. The van der Waals surface area contributed by atoms with E-state index in [1.54, 1.807) is 31.2 Å². The van der Waals surface area contributed by atoms with Crippen molar-refractivity contribution in [1.29, 1.82) is 0 Å². The van der Waals surface area contributed by atoms with E-state index in [9.17, 15) is 14.7 Å². The van der Waals surface area contributed by atoms with Crippen LogP contribution in [0.5, 0.6) is 0 Å². The molecule has 0 aliphatic rings. The lowest BCUT2D eigenvalue weighted by Crippen LogP contribution is -2.50. The van der Waals surface area contributed by atoms with E-state index in [4.69, 9.17) is 11.6 Å². The molecule has 0 bridgehead atoms. The van der Waals surface area contributed by atoms with Gasteiger partial charge in [0.15, 0.2) is 0 Å². The quantitative estimate of drug-likeness (QED) is 0.689. The third kappa shape index (κ3) is 5.73. The summed E-state index contributed by atoms with van der Waals surface area (Å²) in [5.74, 6) is -1.09. The average Bonchev–Trinajstić information content (AvgIpc) is 2.38. The Morgan fingerprint density at radius 2 is 2.10 bits per heavy atom. The van der Waals surface area contributed by atoms with Gasteiger partial charge >= 0.3 is 5.97 Å². The Morgan fingerprint density at radius 1 is 1.38 bits per heavy atom. The Bertz CT molecular complexity index is 507. The summed E-state index contributed by atoms with van der Waals surface area (Å²) < 4.78 is 0. The van der Waals surface area contributed by atoms with Gasteiger partial charge in [0, 0.05) is 23.7 Å². The Kier molecular flexibility index (Phi) is 6.65. The molecule has 1 atom stereocenters. The normalized spacial score (nSPS) is 13.5. The first kappa shape index (κ1) is 17.5. The first-order chi connectivity index (χ1) is 9.87. The SMILES string of the molecule is CCCC(C)(NCCC(=O)Nc1cccc(Cl)c1)C(=O)O. The molecule has 1 amide bonds. The lowest BCUT2D eigenvalue weighted by atomic mass is 9.96. The number of hydrogen-bond donors (Lipinski definition) is 3. The molecule has 0 saturated carbocycles. The zero-order valence-electron chi connectivity index (χ0n) is 12.3. The van der Waals surface area contributed by atoms with Gasteiger partial charge in [0.25, 0.3) is 0 Å². The molecule has 3 N–H and O–H groups in total. The minimum Gasteiger partial charge on any atom is -0.480 e. The van der Waals surface area contributed by atoms with E-state index in [0.717, 1.165) is 6.42 Å². The van der Waals surface area contributed by atoms with Crippen LogP contribution in [0.3, 0.4) is 0 Å². The molecule has 0 aromatic heterocycles. The molecule has 0 fully saturated rings. The topological polar surface area (TPSA) is 78.4 Å². The maximum Gasteiger partial charge on any atom is 0.323 e. The fraction of sp³-hybridized carbons (Fsp3) is 0.467. The fourth-order valence-corrected chi connectivity index (χ4v) is 2.20. The first-order valence-corrected chi connectivity index (χ1v) is 7.29. The van der Waals surface area contributed by atoms with Crippen LogP contribution in [0, 0.1) is 0 Å². The number of amides is 1. The minimum atomic E-state index is -0.995. The zero-order chi connectivity index (χ0) is 15.9. The molecule has 0 radical (unpaired) electrons. The van der Waals surface area contributed by atoms with E-state index in [1.807, 2.05) is 6.92 Å². The monoisotopic (exact) mass is 312 g/mol. The number of benzene rings is 1. The molecule has 116 valence electrons. The predicted molar refractivity (Wildman–Crippen MR) is 83.7 cm³/mol. The van der Waals surface area contributed by atoms with Crippen LogP contribution < -0.4 is 10.6 Å². The van der Waals surface area contributed by atoms with Crippen LogP contribution in [0.4, 0.5) is 5.69 Å². The van der Waals surface area contributed by atoms with Gasteiger partial charge in [-0.05, 0) is 31.5 Å². The third-order valence-corrected chi connectivity index (χ3v) is 3.43. The van der Waals surface area contributed by atoms with Crippen LogP contribution in [-0.2, 0) is 9.59 Å². The Balaban J connectivity index is 2.44. The van der Waals surface area contributed by atoms with Crippen LogP contribution in [0.15, 0.2) is 24.3 Å². The second-order valence-electron chi connectivity index (χ2n) is 5.12. The van der Waals surface area contributed by atoms with Crippen molar-refractivity contribution < 1.29 is 14.7 Å². The summed E-state index contributed by atoms with van der Waals surface area (Å²) >= 11 is 5.83. The number of halogens is 1. The summed E-state index contributed by atoms with van der Waals surface area (Å²) in [4.78, 5) is 23.0. The van der Waals surface area contributed by atoms with Crippen molar-refractivity contribution in [3.63, 3.8) is 0 Å². The number of rotatable bonds is 8. The van der Waals surface area contributed by atoms with Crippen molar-refractivity contribution in [3.8, 4) is 0 Å². The van der Waals surface area contributed by atoms with E-state index in [-0.39, 0.29) is 12.3 Å². The van der Waals surface area contributed by atoms with Gasteiger partial charge in [-0.15, -0.1) is 0 Å². The Hall–Kier alpha value is -1.59. The summed E-state index contributed by atoms with van der Waals surface area (Å²) in [5, 5.41) is 15.4. The highest BCUT2D eigenvalue weighted by Gasteiger charge is 2.31. The molecule has 5 nitrogen and oxygen atoms in total. The number of carboxylic acids is 1. The predicted octanol–water partition coefficient (Wildman–Crippen LogP) is 2.90. The van der Waals surface area contributed by atoms with Gasteiger partial charge in [0.2, 0.25) is 5.91 Å². The van der Waals surface area contributed by atoms with Crippen molar-refractivity contribution in [2.45, 2.75) is 38.6 Å². The lowest BCUT2D eigenvalue weighted by Gasteiger charge is -2.25. The Morgan fingerprint density at radius 3 is 2.67 bits per heavy atom. The van der Waals surface area contributed by atoms with E-state index in [2.05, 4.69) is 10.6 Å². The highest BCUT2D eigenvalue weighted by atomic mass is 35.5. The van der Waals surface area contributed by atoms with Crippen LogP contribution in [-0.4, -0.2) is 29.1 Å². The van der Waals surface area contributed by atoms with E-state index in [1.165, 1.54) is 0 Å². The molecule has 21 heavy (non-hydrogen) atoms. The van der Waals surface area contributed by atoms with Gasteiger partial charge in [-0.3, -0.25) is 9.59 Å². The van der Waals surface area contributed by atoms with Crippen LogP contribution >= 0.6 is 11.6 Å². The van der Waals surface area contributed by atoms with Gasteiger partial charge in [0.1, 0.15) is 5.54 Å². The smallest absolute Gasteiger partial charge is 0.323 e. The van der Waals surface area contributed by atoms with Crippen LogP contribution in [0.25, 0.3) is 0 Å². The molecule has 0 aliphatic heterocycles. The molecule has 1 rings (SSSR count). The molecular weight excluding hydrogens is 292 g/mol. The van der Waals surface area contributed by atoms with Crippen molar-refractivity contribution in [2.24, 2.45) is 0 Å². The summed E-state index contributed by atoms with van der Waals surface area (Å²) in [6, 6.07) is 6.88. The molecule has 1 aromatic rings. The molecular formula is C15H21ClN2O3. The average molecular weight is 313 g/mol. The van der Waals surface area contributed by atoms with Gasteiger partial charge in [-0.25, -0.2) is 0 Å². The lowest BCUT2D eigenvalue weighted by molar-refractivity contribution is -0.144. The van der Waals surface area contributed by atoms with Gasteiger partial charge < -0.3 is 15.7 Å². The van der Waals surface area contributed by atoms with E-state index < -0.39 is 11.5 Å². The highest BCUT2D eigenvalue weighted by molar-refractivity contribution is 6.30. The first-order valence-electron chi connectivity index (χ1n) is 6.91. The van der Waals surface area contributed by atoms with Gasteiger partial charge in [0.05, 0.1) is 0 Å². The number of nitrogens with one attached hydrogen (secondary N) is 2. The number of aliphatic carboxylic acids is 1. The van der Waals surface area contributed by atoms with Crippen molar-refractivity contribution in [2.75, 3.05) is 11.9 Å². The number of carboxylic acid groups (broad SMARTS) is 1. The Labute approximate surface area is 129 Å². The van der Waals surface area contributed by atoms with E-state index in [0.29, 0.717) is 23.7 Å². The molecule has 6 heteroatoms. The molecule has 1 aromatic carbocycles. The highest BCUT2D eigenvalue weighted by Crippen LogP contribution is 2.15. The van der Waals surface area contributed by atoms with Crippen LogP contribution in [0.2, 0.25) is 5.02 Å². The summed E-state index contributed by atoms with van der Waals surface area (Å²) in [6.07, 6.45) is 1.46. The van der Waals surface area contributed by atoms with Crippen LogP contribution in [0.1, 0.15) is 33.1 Å². The van der Waals surface area contributed by atoms with Gasteiger partial charge in [-0.1, -0.05) is 31.0 Å². The van der Waals surface area contributed by atoms with Crippen molar-refractivity contribution in [1.82, 2.24) is 5.32 Å². The number of carbonyl (C=O) groups is 2. The van der Waals surface area contributed by atoms with Gasteiger partial charge in [-0.2, -0.15) is 0 Å². The molecule has 0 heterocycles. The minimum absolute atomic E-state index is 0.186.